The molecule has 0 bridgehead atoms. The molecule has 0 saturated heterocycles. The van der Waals surface area contributed by atoms with Crippen LogP contribution in [0.1, 0.15) is 0 Å². The van der Waals surface area contributed by atoms with Crippen LogP contribution in [0.3, 0.4) is 0 Å². The zero-order chi connectivity index (χ0) is 13.5. The van der Waals surface area contributed by atoms with Gasteiger partial charge in [-0.1, -0.05) is 0 Å². The summed E-state index contributed by atoms with van der Waals surface area (Å²) < 4.78 is 103. The Morgan fingerprint density at radius 3 is 0.471 bits per heavy atom. The van der Waals surface area contributed by atoms with Gasteiger partial charge in [0.15, 0.2) is 0 Å². The van der Waals surface area contributed by atoms with Crippen molar-refractivity contribution in [3.05, 3.63) is 0 Å². The van der Waals surface area contributed by atoms with E-state index in [1.165, 1.54) is 0 Å². The van der Waals surface area contributed by atoms with Crippen molar-refractivity contribution in [1.29, 1.82) is 0 Å². The molecule has 0 aliphatic heterocycles. The van der Waals surface area contributed by atoms with Gasteiger partial charge in [0.1, 0.15) is 0 Å². The molecule has 0 atom stereocenters. The normalized spacial score (nSPS) is 10.1. The molecule has 17 heavy (non-hydrogen) atoms. The van der Waals surface area contributed by atoms with Crippen LogP contribution in [0.15, 0.2) is 0 Å². The zero-order valence-electron chi connectivity index (χ0n) is 7.44. The predicted molar refractivity (Wildman–Crippen MR) is 6.86 cm³/mol. The van der Waals surface area contributed by atoms with Gasteiger partial charge in [0.25, 0.3) is 0 Å². The van der Waals surface area contributed by atoms with E-state index in [0.717, 1.165) is 0 Å². The summed E-state index contributed by atoms with van der Waals surface area (Å²) in [7, 11) is 0. The molecule has 0 aromatic carbocycles. The van der Waals surface area contributed by atoms with Crippen LogP contribution >= 0.6 is 0 Å². The monoisotopic (exact) mass is 412 g/mol. The fourth-order valence-electron chi connectivity index (χ4n) is 0. The Balaban J connectivity index is -0.0000000400. The number of rotatable bonds is 0. The van der Waals surface area contributed by atoms with Crippen LogP contribution in [-0.2, 0) is 78.9 Å². The molecule has 0 amide bonds. The quantitative estimate of drug-likeness (QED) is 0.336. The van der Waals surface area contributed by atoms with Crippen LogP contribution in [0, 0.1) is 0 Å². The van der Waals surface area contributed by atoms with Crippen molar-refractivity contribution in [3.63, 3.8) is 0 Å². The summed E-state index contributed by atoms with van der Waals surface area (Å²) in [6.45, 7) is 0. The summed E-state index contributed by atoms with van der Waals surface area (Å²) in [5.41, 5.74) is 0. The summed E-state index contributed by atoms with van der Waals surface area (Å²) in [5.74, 6) is 0. The Hall–Kier alpha value is 1.23. The van der Waals surface area contributed by atoms with E-state index in [1.807, 2.05) is 0 Å². The molecule has 0 aliphatic carbocycles. The Kier molecular flexibility index (Phi) is 22.3. The van der Waals surface area contributed by atoms with Crippen molar-refractivity contribution in [2.45, 2.75) is 0 Å². The number of hydrogen-bond donors (Lipinski definition) is 0. The first-order chi connectivity index (χ1) is 6.00. The van der Waals surface area contributed by atoms with Gasteiger partial charge in [-0.15, -0.1) is 0 Å². The van der Waals surface area contributed by atoms with Gasteiger partial charge in [-0.2, -0.15) is 0 Å². The Morgan fingerprint density at radius 1 is 0.471 bits per heavy atom. The van der Waals surface area contributed by atoms with E-state index in [4.69, 9.17) is 47.1 Å². The van der Waals surface area contributed by atoms with Gasteiger partial charge in [0.2, 0.25) is 0 Å². The minimum absolute atomic E-state index is 0. The van der Waals surface area contributed by atoms with Crippen molar-refractivity contribution in [2.24, 2.45) is 0 Å². The van der Waals surface area contributed by atoms with E-state index in [9.17, 15) is 0 Å². The van der Waals surface area contributed by atoms with Crippen molar-refractivity contribution in [1.82, 2.24) is 0 Å². The predicted octanol–water partition coefficient (Wildman–Crippen LogP) is -7.76. The zero-order valence-corrected chi connectivity index (χ0v) is 14.1. The maximum absolute atomic E-state index is 8.58. The molecule has 0 unspecified atom stereocenters. The fraction of sp³-hybridized carbons (Fsp3) is 0. The molecular weight excluding hydrogens is 412 g/mol. The first kappa shape index (κ1) is 30.9. The van der Waals surface area contributed by atoms with Crippen molar-refractivity contribution in [2.75, 3.05) is 0 Å². The molecule has 0 fully saturated rings. The van der Waals surface area contributed by atoms with Gasteiger partial charge in [-0.05, 0) is 0 Å². The van der Waals surface area contributed by atoms with E-state index < -0.39 is 38.9 Å². The van der Waals surface area contributed by atoms with Gasteiger partial charge in [0, 0.05) is 0 Å². The van der Waals surface area contributed by atoms with Crippen LogP contribution < -0.4 is 64.0 Å². The second kappa shape index (κ2) is 12.3. The van der Waals surface area contributed by atoms with E-state index in [-0.39, 0.29) is 56.9 Å². The molecule has 0 aliphatic rings. The molecular formula is KMn3O13. The van der Waals surface area contributed by atoms with Crippen LogP contribution in [0.25, 0.3) is 0 Å². The molecule has 4 radical (unpaired) electrons. The van der Waals surface area contributed by atoms with E-state index in [0.29, 0.717) is 0 Å². The SMILES string of the molecule is [K+].[O+2].[O]=[Mn](=[O])(=[O])[O-].[O]=[Mn](=[O])(=[O])[O-].[O]=[Mn](=[O])(=[O])[O-]. The van der Waals surface area contributed by atoms with E-state index in [2.05, 4.69) is 0 Å². The van der Waals surface area contributed by atoms with Gasteiger partial charge in [-0.3, -0.25) is 0 Å². The molecule has 0 heterocycles. The third-order valence-corrected chi connectivity index (χ3v) is 0. The van der Waals surface area contributed by atoms with Crippen LogP contribution in [-0.4, -0.2) is 0 Å². The molecule has 0 saturated carbocycles. The standard InChI is InChI=1S/K.3Mn.13O/q+1;;;;;;;;;;;;;3*-1;+2. The second-order valence-corrected chi connectivity index (χ2v) is 4.68. The van der Waals surface area contributed by atoms with E-state index >= 15 is 0 Å². The van der Waals surface area contributed by atoms with Gasteiger partial charge >= 0.3 is 143 Å². The topological polar surface area (TPSA) is 251 Å². The first-order valence-electron chi connectivity index (χ1n) is 1.85. The molecule has 0 spiro atoms. The van der Waals surface area contributed by atoms with Gasteiger partial charge in [0.05, 0.1) is 0 Å². The molecule has 100 valence electrons. The molecule has 0 N–H and O–H groups in total. The van der Waals surface area contributed by atoms with Crippen molar-refractivity contribution < 1.29 is 143 Å². The number of hydrogen-bond acceptors (Lipinski definition) is 12. The third-order valence-electron chi connectivity index (χ3n) is 0. The molecule has 17 heteroatoms. The van der Waals surface area contributed by atoms with Crippen LogP contribution in [0.4, 0.5) is 0 Å². The Morgan fingerprint density at radius 2 is 0.471 bits per heavy atom. The average molecular weight is 412 g/mol. The van der Waals surface area contributed by atoms with Gasteiger partial charge < -0.3 is 0 Å². The first-order valence-corrected chi connectivity index (χ1v) is 7.63. The van der Waals surface area contributed by atoms with E-state index in [1.54, 1.807) is 0 Å². The van der Waals surface area contributed by atoms with Crippen LogP contribution in [0.2, 0.25) is 0 Å². The molecule has 13 nitrogen and oxygen atoms in total. The van der Waals surface area contributed by atoms with Crippen molar-refractivity contribution >= 4 is 0 Å². The minimum atomic E-state index is -5.62. The summed E-state index contributed by atoms with van der Waals surface area (Å²) in [6.07, 6.45) is 0. The molecule has 0 aromatic heterocycles. The van der Waals surface area contributed by atoms with Crippen molar-refractivity contribution in [3.8, 4) is 0 Å². The Bertz CT molecular complexity index is 480. The van der Waals surface area contributed by atoms with Crippen LogP contribution in [0.5, 0.6) is 0 Å². The summed E-state index contributed by atoms with van der Waals surface area (Å²) in [6, 6.07) is 0. The third kappa shape index (κ3) is 2620. The fourth-order valence-corrected chi connectivity index (χ4v) is 0. The summed E-state index contributed by atoms with van der Waals surface area (Å²) >= 11 is -16.9. The summed E-state index contributed by atoms with van der Waals surface area (Å²) in [4.78, 5) is 0. The summed E-state index contributed by atoms with van der Waals surface area (Å²) in [5, 5.41) is 0. The molecule has 0 aromatic rings. The average Bonchev–Trinajstić information content (AvgIpc) is 1.41. The van der Waals surface area contributed by atoms with Gasteiger partial charge in [-0.25, -0.2) is 0 Å². The Labute approximate surface area is 140 Å². The maximum atomic E-state index is 8.58. The molecule has 0 rings (SSSR count). The second-order valence-electron chi connectivity index (χ2n) is 1.13.